The van der Waals surface area contributed by atoms with Gasteiger partial charge < -0.3 is 4.42 Å². The molecule has 0 spiro atoms. The number of hydrogen-bond donors (Lipinski definition) is 0. The summed E-state index contributed by atoms with van der Waals surface area (Å²) in [7, 11) is 2.24. The van der Waals surface area contributed by atoms with Crippen molar-refractivity contribution in [3.63, 3.8) is 0 Å². The molecule has 1 heterocycles. The van der Waals surface area contributed by atoms with E-state index in [1.165, 1.54) is 42.8 Å². The van der Waals surface area contributed by atoms with Crippen molar-refractivity contribution in [1.29, 1.82) is 0 Å². The summed E-state index contributed by atoms with van der Waals surface area (Å²) in [5.41, 5.74) is 2.08. The van der Waals surface area contributed by atoms with Crippen LogP contribution >= 0.6 is 0 Å². The minimum absolute atomic E-state index is 0.633. The smallest absolute Gasteiger partial charge is 0.214 e. The Morgan fingerprint density at radius 2 is 1.58 bits per heavy atom. The summed E-state index contributed by atoms with van der Waals surface area (Å²) in [5.74, 6) is 0.937. The first-order valence-corrected chi connectivity index (χ1v) is 8.97. The molecule has 1 saturated carbocycles. The molecule has 2 heteroatoms. The number of fused-ring (bicyclic) bond motifs is 1. The van der Waals surface area contributed by atoms with Gasteiger partial charge in [-0.05, 0) is 25.0 Å². The van der Waals surface area contributed by atoms with Gasteiger partial charge in [-0.25, -0.2) is 4.58 Å². The third kappa shape index (κ3) is 2.89. The van der Waals surface area contributed by atoms with Gasteiger partial charge in [0, 0.05) is 18.4 Å². The Morgan fingerprint density at radius 1 is 0.875 bits per heavy atom. The zero-order chi connectivity index (χ0) is 16.4. The zero-order valence-electron chi connectivity index (χ0n) is 14.2. The molecule has 0 N–H and O–H groups in total. The predicted octanol–water partition coefficient (Wildman–Crippen LogP) is 4.83. The van der Waals surface area contributed by atoms with Crippen LogP contribution in [0.15, 0.2) is 65.1 Å². The van der Waals surface area contributed by atoms with Crippen LogP contribution in [0.2, 0.25) is 0 Å². The van der Waals surface area contributed by atoms with Crippen molar-refractivity contribution in [2.45, 2.75) is 38.1 Å². The average Bonchev–Trinajstić information content (AvgIpc) is 2.68. The standard InChI is InChI=1S/C22H24NO/c1-23(18-12-6-3-7-13-18)20-16-22(17-10-4-2-5-11-17)24-21-15-9-8-14-19(20)21/h2,4-5,8-11,14-16,18H,3,6-7,12-13H2,1H3/q+1. The molecule has 0 atom stereocenters. The van der Waals surface area contributed by atoms with Crippen LogP contribution < -0.4 is 9.93 Å². The summed E-state index contributed by atoms with van der Waals surface area (Å²) < 4.78 is 8.67. The van der Waals surface area contributed by atoms with Gasteiger partial charge in [0.05, 0.1) is 11.5 Å². The predicted molar refractivity (Wildman–Crippen MR) is 99.7 cm³/mol. The average molecular weight is 318 g/mol. The van der Waals surface area contributed by atoms with E-state index in [4.69, 9.17) is 4.42 Å². The molecule has 0 amide bonds. The fourth-order valence-electron chi connectivity index (χ4n) is 3.82. The Hall–Kier alpha value is -2.35. The maximum Gasteiger partial charge on any atom is 0.214 e. The summed E-state index contributed by atoms with van der Waals surface area (Å²) in [6.45, 7) is 0. The molecule has 1 aliphatic rings. The number of rotatable bonds is 2. The van der Waals surface area contributed by atoms with Crippen LogP contribution in [0.4, 0.5) is 0 Å². The van der Waals surface area contributed by atoms with Crippen molar-refractivity contribution in [3.8, 4) is 11.3 Å². The summed E-state index contributed by atoms with van der Waals surface area (Å²) in [5, 5.41) is 2.48. The third-order valence-corrected chi connectivity index (χ3v) is 5.21. The van der Waals surface area contributed by atoms with Crippen molar-refractivity contribution < 1.29 is 4.42 Å². The Kier molecular flexibility index (Phi) is 4.20. The second-order valence-electron chi connectivity index (χ2n) is 6.76. The molecule has 24 heavy (non-hydrogen) atoms. The third-order valence-electron chi connectivity index (χ3n) is 5.21. The largest absolute Gasteiger partial charge is 0.456 e. The van der Waals surface area contributed by atoms with Gasteiger partial charge in [0.2, 0.25) is 5.36 Å². The van der Waals surface area contributed by atoms with Gasteiger partial charge in [-0.1, -0.05) is 48.9 Å². The maximum absolute atomic E-state index is 6.20. The first kappa shape index (κ1) is 15.2. The molecule has 0 aliphatic heterocycles. The Bertz CT molecular complexity index is 902. The van der Waals surface area contributed by atoms with Crippen LogP contribution in [0.5, 0.6) is 0 Å². The molecule has 0 unspecified atom stereocenters. The molecular formula is C22H24NO+. The molecule has 3 aromatic rings. The Morgan fingerprint density at radius 3 is 2.38 bits per heavy atom. The van der Waals surface area contributed by atoms with Gasteiger partial charge in [0.25, 0.3) is 0 Å². The lowest BCUT2D eigenvalue weighted by Crippen LogP contribution is -2.37. The van der Waals surface area contributed by atoms with Crippen LogP contribution in [0.3, 0.4) is 0 Å². The van der Waals surface area contributed by atoms with Crippen molar-refractivity contribution in [3.05, 3.63) is 66.0 Å². The van der Waals surface area contributed by atoms with Crippen LogP contribution in [0.1, 0.15) is 32.1 Å². The van der Waals surface area contributed by atoms with E-state index in [2.05, 4.69) is 60.2 Å². The van der Waals surface area contributed by atoms with Crippen LogP contribution in [-0.2, 0) is 0 Å². The van der Waals surface area contributed by atoms with E-state index >= 15 is 0 Å². The minimum Gasteiger partial charge on any atom is -0.456 e. The molecule has 1 aromatic heterocycles. The Balaban J connectivity index is 1.96. The van der Waals surface area contributed by atoms with Crippen molar-refractivity contribution in [2.75, 3.05) is 7.05 Å². The fourth-order valence-corrected chi connectivity index (χ4v) is 3.82. The van der Waals surface area contributed by atoms with Crippen molar-refractivity contribution >= 4 is 11.0 Å². The highest BCUT2D eigenvalue weighted by molar-refractivity contribution is 5.78. The second kappa shape index (κ2) is 6.64. The normalized spacial score (nSPS) is 17.0. The molecule has 0 radical (unpaired) electrons. The molecule has 1 aliphatic carbocycles. The number of hydrogen-bond acceptors (Lipinski definition) is 1. The van der Waals surface area contributed by atoms with Crippen molar-refractivity contribution in [1.82, 2.24) is 4.58 Å². The van der Waals surface area contributed by atoms with Crippen molar-refractivity contribution in [2.24, 2.45) is 0 Å². The molecule has 2 nitrogen and oxygen atoms in total. The summed E-state index contributed by atoms with van der Waals surface area (Å²) in [6, 6.07) is 21.6. The highest BCUT2D eigenvalue weighted by Crippen LogP contribution is 2.23. The van der Waals surface area contributed by atoms with E-state index in [0.717, 1.165) is 16.9 Å². The van der Waals surface area contributed by atoms with E-state index in [0.29, 0.717) is 6.04 Å². The van der Waals surface area contributed by atoms with Crippen LogP contribution in [0, 0.1) is 0 Å². The first-order chi connectivity index (χ1) is 11.8. The van der Waals surface area contributed by atoms with Gasteiger partial charge in [-0.3, -0.25) is 0 Å². The van der Waals surface area contributed by atoms with E-state index in [-0.39, 0.29) is 0 Å². The summed E-state index contributed by atoms with van der Waals surface area (Å²) >= 11 is 0. The molecular weight excluding hydrogens is 294 g/mol. The highest BCUT2D eigenvalue weighted by Gasteiger charge is 2.22. The number of para-hydroxylation sites is 1. The van der Waals surface area contributed by atoms with Gasteiger partial charge in [-0.2, -0.15) is 0 Å². The molecule has 1 fully saturated rings. The quantitative estimate of drug-likeness (QED) is 0.618. The molecule has 0 bridgehead atoms. The van der Waals surface area contributed by atoms with Gasteiger partial charge in [-0.15, -0.1) is 0 Å². The summed E-state index contributed by atoms with van der Waals surface area (Å²) in [6.07, 6.45) is 6.64. The van der Waals surface area contributed by atoms with Gasteiger partial charge in [0.1, 0.15) is 18.4 Å². The molecule has 2 aromatic carbocycles. The lowest BCUT2D eigenvalue weighted by molar-refractivity contribution is 0.355. The fraction of sp³-hybridized carbons (Fsp3) is 0.318. The van der Waals surface area contributed by atoms with E-state index in [1.807, 2.05) is 12.1 Å². The number of benzene rings is 2. The van der Waals surface area contributed by atoms with Crippen LogP contribution in [0.25, 0.3) is 22.3 Å². The number of nitrogens with zero attached hydrogens (tertiary/aromatic N) is 1. The Labute approximate surface area is 143 Å². The monoisotopic (exact) mass is 318 g/mol. The molecule has 0 saturated heterocycles. The summed E-state index contributed by atoms with van der Waals surface area (Å²) in [4.78, 5) is 0. The molecule has 4 rings (SSSR count). The minimum atomic E-state index is 0.633. The second-order valence-corrected chi connectivity index (χ2v) is 6.76. The zero-order valence-corrected chi connectivity index (χ0v) is 14.2. The first-order valence-electron chi connectivity index (χ1n) is 8.97. The lowest BCUT2D eigenvalue weighted by Gasteiger charge is -2.18. The van der Waals surface area contributed by atoms with E-state index in [1.54, 1.807) is 0 Å². The van der Waals surface area contributed by atoms with Crippen LogP contribution in [-0.4, -0.2) is 13.1 Å². The maximum atomic E-state index is 6.20. The molecule has 122 valence electrons. The van der Waals surface area contributed by atoms with Gasteiger partial charge in [0.15, 0.2) is 6.04 Å². The topological polar surface area (TPSA) is 16.1 Å². The van der Waals surface area contributed by atoms with E-state index in [9.17, 15) is 0 Å². The van der Waals surface area contributed by atoms with Gasteiger partial charge >= 0.3 is 0 Å². The highest BCUT2D eigenvalue weighted by atomic mass is 16.3. The van der Waals surface area contributed by atoms with E-state index < -0.39 is 0 Å². The lowest BCUT2D eigenvalue weighted by atomic mass is 9.95. The SMILES string of the molecule is C[N+](=c1cc(-c2ccccc2)oc2ccccc12)C1CCCCC1.